The van der Waals surface area contributed by atoms with Crippen LogP contribution in [0.2, 0.25) is 0 Å². The molecule has 0 radical (unpaired) electrons. The zero-order valence-electron chi connectivity index (χ0n) is 9.67. The number of nitrogens with zero attached hydrogens (tertiary/aromatic N) is 1. The van der Waals surface area contributed by atoms with E-state index in [2.05, 4.69) is 6.58 Å². The number of nitrogen functional groups attached to an aromatic ring is 1. The summed E-state index contributed by atoms with van der Waals surface area (Å²) in [5.74, 6) is 0. The molecule has 2 aromatic carbocycles. The molecule has 0 aliphatic rings. The average molecular weight is 240 g/mol. The lowest BCUT2D eigenvalue weighted by Crippen LogP contribution is -1.97. The SMILES string of the molecule is C=C(c1ccccc1)c1cc([N+](=O)[O-])ccc1N. The quantitative estimate of drug-likeness (QED) is 0.508. The van der Waals surface area contributed by atoms with Gasteiger partial charge in [-0.25, -0.2) is 0 Å². The third kappa shape index (κ3) is 2.22. The van der Waals surface area contributed by atoms with Gasteiger partial charge in [0.1, 0.15) is 0 Å². The van der Waals surface area contributed by atoms with Crippen molar-refractivity contribution in [3.05, 3.63) is 76.4 Å². The molecule has 0 aromatic heterocycles. The predicted molar refractivity (Wildman–Crippen MR) is 72.1 cm³/mol. The molecule has 0 bridgehead atoms. The van der Waals surface area contributed by atoms with E-state index in [4.69, 9.17) is 5.73 Å². The van der Waals surface area contributed by atoms with Crippen molar-refractivity contribution in [2.45, 2.75) is 0 Å². The maximum atomic E-state index is 10.8. The minimum atomic E-state index is -0.443. The number of anilines is 1. The second-order valence-electron chi connectivity index (χ2n) is 3.87. The lowest BCUT2D eigenvalue weighted by Gasteiger charge is -2.09. The van der Waals surface area contributed by atoms with Gasteiger partial charge < -0.3 is 5.73 Å². The maximum absolute atomic E-state index is 10.8. The van der Waals surface area contributed by atoms with Crippen LogP contribution < -0.4 is 5.73 Å². The normalized spacial score (nSPS) is 10.0. The minimum Gasteiger partial charge on any atom is -0.398 e. The molecule has 0 unspecified atom stereocenters. The van der Waals surface area contributed by atoms with Gasteiger partial charge in [-0.05, 0) is 17.2 Å². The zero-order chi connectivity index (χ0) is 13.1. The van der Waals surface area contributed by atoms with Crippen molar-refractivity contribution in [3.63, 3.8) is 0 Å². The highest BCUT2D eigenvalue weighted by atomic mass is 16.6. The molecular formula is C14H12N2O2. The van der Waals surface area contributed by atoms with Crippen LogP contribution in [-0.4, -0.2) is 4.92 Å². The Hall–Kier alpha value is -2.62. The molecule has 2 N–H and O–H groups in total. The molecule has 0 atom stereocenters. The molecule has 4 nitrogen and oxygen atoms in total. The summed E-state index contributed by atoms with van der Waals surface area (Å²) in [4.78, 5) is 10.3. The van der Waals surface area contributed by atoms with Gasteiger partial charge in [0, 0.05) is 23.4 Å². The Morgan fingerprint density at radius 1 is 1.17 bits per heavy atom. The Morgan fingerprint density at radius 3 is 2.44 bits per heavy atom. The van der Waals surface area contributed by atoms with Crippen molar-refractivity contribution in [1.29, 1.82) is 0 Å². The van der Waals surface area contributed by atoms with Crippen LogP contribution in [0.25, 0.3) is 5.57 Å². The van der Waals surface area contributed by atoms with E-state index in [0.717, 1.165) is 5.56 Å². The Kier molecular flexibility index (Phi) is 3.10. The Balaban J connectivity index is 2.48. The summed E-state index contributed by atoms with van der Waals surface area (Å²) in [6.45, 7) is 3.95. The Morgan fingerprint density at radius 2 is 1.83 bits per heavy atom. The molecule has 0 fully saturated rings. The standard InChI is InChI=1S/C14H12N2O2/c1-10(11-5-3-2-4-6-11)13-9-12(16(17)18)7-8-14(13)15/h2-9H,1,15H2. The van der Waals surface area contributed by atoms with Crippen LogP contribution in [0.3, 0.4) is 0 Å². The van der Waals surface area contributed by atoms with Crippen LogP contribution in [0.1, 0.15) is 11.1 Å². The summed E-state index contributed by atoms with van der Waals surface area (Å²) in [7, 11) is 0. The number of benzene rings is 2. The molecule has 90 valence electrons. The first kappa shape index (κ1) is 11.9. The fourth-order valence-electron chi connectivity index (χ4n) is 1.71. The Labute approximate surface area is 105 Å². The second-order valence-corrected chi connectivity index (χ2v) is 3.87. The first-order chi connectivity index (χ1) is 8.59. The highest BCUT2D eigenvalue weighted by Gasteiger charge is 2.12. The number of hydrogen-bond acceptors (Lipinski definition) is 3. The highest BCUT2D eigenvalue weighted by Crippen LogP contribution is 2.29. The van der Waals surface area contributed by atoms with Crippen LogP contribution in [0.4, 0.5) is 11.4 Å². The summed E-state index contributed by atoms with van der Waals surface area (Å²) in [6.07, 6.45) is 0. The number of rotatable bonds is 3. The van der Waals surface area contributed by atoms with Crippen molar-refractivity contribution in [1.82, 2.24) is 0 Å². The minimum absolute atomic E-state index is 0.0104. The van der Waals surface area contributed by atoms with Crippen LogP contribution in [0.5, 0.6) is 0 Å². The van der Waals surface area contributed by atoms with Crippen LogP contribution >= 0.6 is 0 Å². The van der Waals surface area contributed by atoms with Gasteiger partial charge in [-0.3, -0.25) is 10.1 Å². The van der Waals surface area contributed by atoms with Crippen molar-refractivity contribution >= 4 is 16.9 Å². The van der Waals surface area contributed by atoms with E-state index in [9.17, 15) is 10.1 Å². The molecule has 0 aliphatic heterocycles. The van der Waals surface area contributed by atoms with Crippen LogP contribution in [0, 0.1) is 10.1 Å². The maximum Gasteiger partial charge on any atom is 0.270 e. The van der Waals surface area contributed by atoms with E-state index in [1.165, 1.54) is 18.2 Å². The summed E-state index contributed by atoms with van der Waals surface area (Å²) < 4.78 is 0. The third-order valence-corrected chi connectivity index (χ3v) is 2.70. The topological polar surface area (TPSA) is 69.2 Å². The number of nitrogens with two attached hydrogens (primary N) is 1. The number of hydrogen-bond donors (Lipinski definition) is 1. The van der Waals surface area contributed by atoms with Gasteiger partial charge in [0.15, 0.2) is 0 Å². The summed E-state index contributed by atoms with van der Waals surface area (Å²) in [6, 6.07) is 13.8. The van der Waals surface area contributed by atoms with Crippen LogP contribution in [0.15, 0.2) is 55.1 Å². The summed E-state index contributed by atoms with van der Waals surface area (Å²) in [5, 5.41) is 10.8. The van der Waals surface area contributed by atoms with Gasteiger partial charge in [-0.1, -0.05) is 36.9 Å². The smallest absolute Gasteiger partial charge is 0.270 e. The lowest BCUT2D eigenvalue weighted by molar-refractivity contribution is -0.384. The van der Waals surface area contributed by atoms with E-state index in [1.807, 2.05) is 30.3 Å². The molecule has 2 aromatic rings. The fourth-order valence-corrected chi connectivity index (χ4v) is 1.71. The molecule has 2 rings (SSSR count). The number of non-ortho nitro benzene ring substituents is 1. The molecule has 4 heteroatoms. The van der Waals surface area contributed by atoms with Crippen molar-refractivity contribution < 1.29 is 4.92 Å². The van der Waals surface area contributed by atoms with Crippen molar-refractivity contribution in [2.24, 2.45) is 0 Å². The molecule has 0 saturated carbocycles. The molecule has 0 heterocycles. The number of nitro benzene ring substituents is 1. The van der Waals surface area contributed by atoms with Gasteiger partial charge in [0.05, 0.1) is 4.92 Å². The van der Waals surface area contributed by atoms with Gasteiger partial charge >= 0.3 is 0 Å². The molecule has 0 saturated heterocycles. The van der Waals surface area contributed by atoms with E-state index < -0.39 is 4.92 Å². The first-order valence-corrected chi connectivity index (χ1v) is 5.38. The molecule has 18 heavy (non-hydrogen) atoms. The molecule has 0 amide bonds. The van der Waals surface area contributed by atoms with E-state index in [0.29, 0.717) is 16.8 Å². The molecule has 0 aliphatic carbocycles. The van der Waals surface area contributed by atoms with E-state index in [1.54, 1.807) is 0 Å². The van der Waals surface area contributed by atoms with Gasteiger partial charge in [-0.15, -0.1) is 0 Å². The third-order valence-electron chi connectivity index (χ3n) is 2.70. The average Bonchev–Trinajstić information content (AvgIpc) is 2.39. The number of nitro groups is 1. The highest BCUT2D eigenvalue weighted by molar-refractivity contribution is 5.85. The molecule has 0 spiro atoms. The van der Waals surface area contributed by atoms with Gasteiger partial charge in [0.2, 0.25) is 0 Å². The predicted octanol–water partition coefficient (Wildman–Crippen LogP) is 3.24. The lowest BCUT2D eigenvalue weighted by atomic mass is 9.98. The Bertz CT molecular complexity index is 606. The zero-order valence-corrected chi connectivity index (χ0v) is 9.67. The van der Waals surface area contributed by atoms with Gasteiger partial charge in [0.25, 0.3) is 5.69 Å². The molecular weight excluding hydrogens is 228 g/mol. The van der Waals surface area contributed by atoms with Gasteiger partial charge in [-0.2, -0.15) is 0 Å². The monoisotopic (exact) mass is 240 g/mol. The van der Waals surface area contributed by atoms with Crippen molar-refractivity contribution in [2.75, 3.05) is 5.73 Å². The van der Waals surface area contributed by atoms with Crippen LogP contribution in [-0.2, 0) is 0 Å². The van der Waals surface area contributed by atoms with E-state index in [-0.39, 0.29) is 5.69 Å². The fraction of sp³-hybridized carbons (Fsp3) is 0. The van der Waals surface area contributed by atoms with Crippen molar-refractivity contribution in [3.8, 4) is 0 Å². The summed E-state index contributed by atoms with van der Waals surface area (Å²) in [5.41, 5.74) is 8.50. The second kappa shape index (κ2) is 4.71. The van der Waals surface area contributed by atoms with E-state index >= 15 is 0 Å². The largest absolute Gasteiger partial charge is 0.398 e. The first-order valence-electron chi connectivity index (χ1n) is 5.38. The summed E-state index contributed by atoms with van der Waals surface area (Å²) >= 11 is 0.